The predicted octanol–water partition coefficient (Wildman–Crippen LogP) is 1.64. The average molecular weight is 113 g/mol. The Morgan fingerprint density at radius 3 is 2.43 bits per heavy atom. The molecule has 0 aromatic rings. The van der Waals surface area contributed by atoms with Crippen molar-refractivity contribution in [3.63, 3.8) is 0 Å². The molecule has 0 heterocycles. The van der Waals surface area contributed by atoms with E-state index in [4.69, 9.17) is 0 Å². The lowest BCUT2D eigenvalue weighted by molar-refractivity contribution is 0.422. The molecule has 1 fully saturated rings. The van der Waals surface area contributed by atoms with Crippen molar-refractivity contribution in [2.24, 2.45) is 4.99 Å². The second kappa shape index (κ2) is 2.20. The second-order valence-corrected chi connectivity index (χ2v) is 1.99. The van der Waals surface area contributed by atoms with E-state index in [0.29, 0.717) is 6.04 Å². The van der Waals surface area contributed by atoms with Crippen LogP contribution in [0.4, 0.5) is 0 Å². The van der Waals surface area contributed by atoms with Crippen LogP contribution in [0.5, 0.6) is 0 Å². The summed E-state index contributed by atoms with van der Waals surface area (Å²) in [5.74, 6) is 0. The monoisotopic (exact) mass is 113 g/mol. The minimum absolute atomic E-state index is 0.539. The quantitative estimate of drug-likeness (QED) is 0.372. The zero-order valence-corrected chi connectivity index (χ0v) is 4.87. The first-order valence-corrected chi connectivity index (χ1v) is 2.91. The summed E-state index contributed by atoms with van der Waals surface area (Å²) in [4.78, 5) is 3.89. The van der Waals surface area contributed by atoms with E-state index in [9.17, 15) is 0 Å². The highest BCUT2D eigenvalue weighted by molar-refractivity contribution is 7.78. The van der Waals surface area contributed by atoms with Crippen LogP contribution in [0.15, 0.2) is 4.99 Å². The molecular formula is C5H7NS. The third-order valence-corrected chi connectivity index (χ3v) is 1.42. The smallest absolute Gasteiger partial charge is 0.0602 e. The Morgan fingerprint density at radius 1 is 1.57 bits per heavy atom. The van der Waals surface area contributed by atoms with Gasteiger partial charge in [0.1, 0.15) is 0 Å². The largest absolute Gasteiger partial charge is 0.229 e. The summed E-state index contributed by atoms with van der Waals surface area (Å²) in [5, 5.41) is 2.38. The lowest BCUT2D eigenvalue weighted by Gasteiger charge is -2.18. The van der Waals surface area contributed by atoms with Gasteiger partial charge in [0.25, 0.3) is 0 Å². The standard InChI is InChI=1S/C5H7NS/c7-4-6-5-2-1-3-5/h5H,1-3H2. The first kappa shape index (κ1) is 4.95. The molecule has 1 aliphatic carbocycles. The molecule has 1 nitrogen and oxygen atoms in total. The average Bonchev–Trinajstić information content (AvgIpc) is 1.55. The van der Waals surface area contributed by atoms with Crippen LogP contribution < -0.4 is 0 Å². The fourth-order valence-corrected chi connectivity index (χ4v) is 0.739. The number of rotatable bonds is 1. The Morgan fingerprint density at radius 2 is 2.29 bits per heavy atom. The van der Waals surface area contributed by atoms with Gasteiger partial charge in [0.05, 0.1) is 11.2 Å². The van der Waals surface area contributed by atoms with Gasteiger partial charge in [0.2, 0.25) is 0 Å². The number of nitrogens with zero attached hydrogens (tertiary/aromatic N) is 1. The van der Waals surface area contributed by atoms with Gasteiger partial charge in [-0.2, -0.15) is 0 Å². The highest BCUT2D eigenvalue weighted by Gasteiger charge is 2.14. The first-order valence-electron chi connectivity index (χ1n) is 2.50. The molecule has 0 unspecified atom stereocenters. The van der Waals surface area contributed by atoms with E-state index in [0.717, 1.165) is 0 Å². The Hall–Kier alpha value is -0.200. The Bertz CT molecular complexity index is 101. The first-order chi connectivity index (χ1) is 3.43. The summed E-state index contributed by atoms with van der Waals surface area (Å²) in [5.41, 5.74) is 0. The Balaban J connectivity index is 2.27. The van der Waals surface area contributed by atoms with Crippen molar-refractivity contribution in [2.75, 3.05) is 0 Å². The van der Waals surface area contributed by atoms with Crippen LogP contribution in [0.3, 0.4) is 0 Å². The van der Waals surface area contributed by atoms with Crippen LogP contribution in [0.1, 0.15) is 19.3 Å². The molecule has 0 bridgehead atoms. The van der Waals surface area contributed by atoms with Gasteiger partial charge in [-0.15, -0.1) is 0 Å². The van der Waals surface area contributed by atoms with Crippen LogP contribution in [0.2, 0.25) is 0 Å². The number of hydrogen-bond donors (Lipinski definition) is 0. The number of thiocarbonyl (C=S) groups is 1. The third kappa shape index (κ3) is 1.08. The maximum atomic E-state index is 4.41. The second-order valence-electron chi connectivity index (χ2n) is 1.81. The van der Waals surface area contributed by atoms with Gasteiger partial charge in [-0.05, 0) is 31.5 Å². The molecule has 0 N–H and O–H groups in total. The van der Waals surface area contributed by atoms with Crippen LogP contribution >= 0.6 is 12.2 Å². The molecule has 0 atom stereocenters. The van der Waals surface area contributed by atoms with Crippen LogP contribution in [-0.2, 0) is 0 Å². The van der Waals surface area contributed by atoms with Gasteiger partial charge in [-0.25, -0.2) is 4.99 Å². The van der Waals surface area contributed by atoms with E-state index in [-0.39, 0.29) is 0 Å². The molecule has 0 aliphatic heterocycles. The Kier molecular flexibility index (Phi) is 1.55. The molecular weight excluding hydrogens is 106 g/mol. The van der Waals surface area contributed by atoms with Gasteiger partial charge in [0.15, 0.2) is 0 Å². The molecule has 38 valence electrons. The summed E-state index contributed by atoms with van der Waals surface area (Å²) in [6.07, 6.45) is 3.78. The lowest BCUT2D eigenvalue weighted by Crippen LogP contribution is -2.13. The normalized spacial score (nSPS) is 20.0. The molecule has 0 aromatic heterocycles. The van der Waals surface area contributed by atoms with Crippen molar-refractivity contribution < 1.29 is 0 Å². The fourth-order valence-electron chi connectivity index (χ4n) is 0.590. The van der Waals surface area contributed by atoms with Crippen molar-refractivity contribution in [1.82, 2.24) is 0 Å². The predicted molar refractivity (Wildman–Crippen MR) is 32.7 cm³/mol. The SMILES string of the molecule is S=C=NC1CCC1. The van der Waals surface area contributed by atoms with Crippen molar-refractivity contribution in [2.45, 2.75) is 25.3 Å². The van der Waals surface area contributed by atoms with Gasteiger partial charge >= 0.3 is 0 Å². The van der Waals surface area contributed by atoms with Crippen molar-refractivity contribution >= 4 is 17.4 Å². The minimum Gasteiger partial charge on any atom is -0.229 e. The van der Waals surface area contributed by atoms with Gasteiger partial charge < -0.3 is 0 Å². The van der Waals surface area contributed by atoms with E-state index in [1.807, 2.05) is 0 Å². The summed E-state index contributed by atoms with van der Waals surface area (Å²) in [6, 6.07) is 0.539. The highest BCUT2D eigenvalue weighted by atomic mass is 32.1. The number of isothiocyanates is 1. The van der Waals surface area contributed by atoms with E-state index in [1.54, 1.807) is 0 Å². The molecule has 7 heavy (non-hydrogen) atoms. The topological polar surface area (TPSA) is 12.4 Å². The molecule has 2 heteroatoms. The molecule has 1 saturated carbocycles. The van der Waals surface area contributed by atoms with Crippen LogP contribution in [0.25, 0.3) is 0 Å². The zero-order chi connectivity index (χ0) is 5.11. The van der Waals surface area contributed by atoms with Crippen molar-refractivity contribution in [1.29, 1.82) is 0 Å². The van der Waals surface area contributed by atoms with Crippen LogP contribution in [0, 0.1) is 0 Å². The summed E-state index contributed by atoms with van der Waals surface area (Å²) >= 11 is 4.41. The summed E-state index contributed by atoms with van der Waals surface area (Å²) in [6.45, 7) is 0. The molecule has 0 radical (unpaired) electrons. The number of aliphatic imine (C=N–C) groups is 1. The van der Waals surface area contributed by atoms with E-state index in [1.165, 1.54) is 19.3 Å². The zero-order valence-electron chi connectivity index (χ0n) is 4.05. The van der Waals surface area contributed by atoms with Gasteiger partial charge in [0, 0.05) is 0 Å². The molecule has 0 amide bonds. The highest BCUT2D eigenvalue weighted by Crippen LogP contribution is 2.20. The molecule has 0 saturated heterocycles. The van der Waals surface area contributed by atoms with Gasteiger partial charge in [-0.1, -0.05) is 0 Å². The maximum Gasteiger partial charge on any atom is 0.0602 e. The Labute approximate surface area is 48.4 Å². The molecule has 0 aromatic carbocycles. The lowest BCUT2D eigenvalue weighted by atomic mass is 9.94. The summed E-state index contributed by atoms with van der Waals surface area (Å²) in [7, 11) is 0. The maximum absolute atomic E-state index is 4.41. The molecule has 1 aliphatic rings. The molecule has 0 spiro atoms. The van der Waals surface area contributed by atoms with Crippen molar-refractivity contribution in [3.8, 4) is 0 Å². The van der Waals surface area contributed by atoms with Crippen LogP contribution in [-0.4, -0.2) is 11.2 Å². The van der Waals surface area contributed by atoms with Gasteiger partial charge in [-0.3, -0.25) is 0 Å². The summed E-state index contributed by atoms with van der Waals surface area (Å²) < 4.78 is 0. The number of hydrogen-bond acceptors (Lipinski definition) is 2. The fraction of sp³-hybridized carbons (Fsp3) is 0.800. The molecule has 1 rings (SSSR count). The van der Waals surface area contributed by atoms with E-state index >= 15 is 0 Å². The minimum atomic E-state index is 0.539. The van der Waals surface area contributed by atoms with Crippen molar-refractivity contribution in [3.05, 3.63) is 0 Å². The van der Waals surface area contributed by atoms with E-state index < -0.39 is 0 Å². The third-order valence-electron chi connectivity index (χ3n) is 1.31. The van der Waals surface area contributed by atoms with E-state index in [2.05, 4.69) is 22.4 Å².